The Balaban J connectivity index is 3.27. The second-order valence-corrected chi connectivity index (χ2v) is 3.18. The van der Waals surface area contributed by atoms with Crippen molar-refractivity contribution in [1.29, 1.82) is 0 Å². The van der Waals surface area contributed by atoms with Crippen molar-refractivity contribution in [2.45, 2.75) is 25.7 Å². The molecule has 0 atom stereocenters. The molecule has 94 valence electrons. The summed E-state index contributed by atoms with van der Waals surface area (Å²) in [5, 5.41) is 16.8. The first kappa shape index (κ1) is 14.9. The number of ether oxygens (including phenoxy) is 2. The summed E-state index contributed by atoms with van der Waals surface area (Å²) in [5.74, 6) is -1.47. The fourth-order valence-corrected chi connectivity index (χ4v) is 0.980. The Kier molecular flexibility index (Phi) is 9.64. The summed E-state index contributed by atoms with van der Waals surface area (Å²) in [4.78, 5) is 21.4. The van der Waals surface area contributed by atoms with Crippen LogP contribution in [0.1, 0.15) is 25.7 Å². The number of carbonyl (C=O) groups is 2. The monoisotopic (exact) mass is 234 g/mol. The van der Waals surface area contributed by atoms with E-state index in [1.165, 1.54) is 0 Å². The van der Waals surface area contributed by atoms with Gasteiger partial charge in [0.2, 0.25) is 0 Å². The molecular weight excluding hydrogens is 216 g/mol. The first-order valence-electron chi connectivity index (χ1n) is 5.23. The van der Waals surface area contributed by atoms with Crippen molar-refractivity contribution >= 4 is 11.9 Å². The van der Waals surface area contributed by atoms with Crippen LogP contribution >= 0.6 is 0 Å². The Morgan fingerprint density at radius 2 is 1.56 bits per heavy atom. The van der Waals surface area contributed by atoms with Gasteiger partial charge in [-0.3, -0.25) is 0 Å². The van der Waals surface area contributed by atoms with Crippen molar-refractivity contribution in [1.82, 2.24) is 0 Å². The van der Waals surface area contributed by atoms with Crippen LogP contribution in [0.25, 0.3) is 0 Å². The van der Waals surface area contributed by atoms with Gasteiger partial charge in [-0.2, -0.15) is 0 Å². The predicted octanol–water partition coefficient (Wildman–Crippen LogP) is -0.382. The number of esters is 2. The van der Waals surface area contributed by atoms with Crippen LogP contribution in [-0.4, -0.2) is 48.6 Å². The van der Waals surface area contributed by atoms with Gasteiger partial charge < -0.3 is 19.7 Å². The predicted molar refractivity (Wildman–Crippen MR) is 54.6 cm³/mol. The Morgan fingerprint density at radius 1 is 0.875 bits per heavy atom. The van der Waals surface area contributed by atoms with Crippen LogP contribution < -0.4 is 0 Å². The minimum atomic E-state index is -0.847. The summed E-state index contributed by atoms with van der Waals surface area (Å²) in [6, 6.07) is 0. The molecule has 0 aromatic carbocycles. The lowest BCUT2D eigenvalue weighted by Crippen LogP contribution is -2.18. The Morgan fingerprint density at radius 3 is 2.19 bits per heavy atom. The summed E-state index contributed by atoms with van der Waals surface area (Å²) >= 11 is 0. The summed E-state index contributed by atoms with van der Waals surface area (Å²) in [7, 11) is 0. The van der Waals surface area contributed by atoms with Gasteiger partial charge >= 0.3 is 11.9 Å². The number of unbranched alkanes of at least 4 members (excludes halogenated alkanes) is 3. The van der Waals surface area contributed by atoms with Crippen LogP contribution in [-0.2, 0) is 19.1 Å². The molecule has 0 amide bonds. The molecular formula is C10H18O6. The van der Waals surface area contributed by atoms with Crippen LogP contribution in [0.4, 0.5) is 0 Å². The van der Waals surface area contributed by atoms with Gasteiger partial charge in [-0.1, -0.05) is 6.42 Å². The smallest absolute Gasteiger partial charge is 0.344 e. The molecule has 0 aliphatic carbocycles. The van der Waals surface area contributed by atoms with Crippen LogP contribution in [0.3, 0.4) is 0 Å². The molecule has 0 radical (unpaired) electrons. The largest absolute Gasteiger partial charge is 0.463 e. The maximum Gasteiger partial charge on any atom is 0.344 e. The minimum absolute atomic E-state index is 0.177. The molecule has 0 aliphatic rings. The van der Waals surface area contributed by atoms with Crippen molar-refractivity contribution in [3.63, 3.8) is 0 Å². The first-order valence-corrected chi connectivity index (χ1v) is 5.23. The van der Waals surface area contributed by atoms with E-state index in [0.29, 0.717) is 0 Å². The summed E-state index contributed by atoms with van der Waals surface area (Å²) in [6.07, 6.45) is 3.25. The zero-order valence-corrected chi connectivity index (χ0v) is 9.18. The van der Waals surface area contributed by atoms with Gasteiger partial charge in [-0.25, -0.2) is 9.59 Å². The number of carbonyl (C=O) groups excluding carboxylic acids is 2. The summed E-state index contributed by atoms with van der Waals surface area (Å²) in [6.45, 7) is -0.748. The van der Waals surface area contributed by atoms with Gasteiger partial charge in [0, 0.05) is 6.61 Å². The molecule has 0 saturated heterocycles. The molecule has 0 unspecified atom stereocenters. The molecule has 0 aromatic heterocycles. The van der Waals surface area contributed by atoms with Crippen LogP contribution in [0, 0.1) is 0 Å². The molecule has 6 heteroatoms. The Bertz CT molecular complexity index is 203. The second-order valence-electron chi connectivity index (χ2n) is 3.18. The van der Waals surface area contributed by atoms with E-state index in [2.05, 4.69) is 4.74 Å². The number of aliphatic hydroxyl groups excluding tert-OH is 2. The molecule has 0 rings (SSSR count). The molecule has 0 heterocycles. The van der Waals surface area contributed by atoms with Gasteiger partial charge in [0.1, 0.15) is 6.61 Å². The standard InChI is InChI=1S/C10H18O6/c11-5-3-1-2-4-6-15-10(14)8-16-9(13)7-12/h11-12H,1-8H2. The molecule has 0 saturated carbocycles. The molecule has 2 N–H and O–H groups in total. The van der Waals surface area contributed by atoms with Crippen LogP contribution in [0.5, 0.6) is 0 Å². The van der Waals surface area contributed by atoms with E-state index >= 15 is 0 Å². The fourth-order valence-electron chi connectivity index (χ4n) is 0.980. The maximum atomic E-state index is 10.9. The van der Waals surface area contributed by atoms with Gasteiger partial charge in [0.15, 0.2) is 6.61 Å². The first-order chi connectivity index (χ1) is 7.70. The molecule has 0 aliphatic heterocycles. The van der Waals surface area contributed by atoms with Crippen molar-refractivity contribution in [3.8, 4) is 0 Å². The zero-order valence-electron chi connectivity index (χ0n) is 9.18. The third-order valence-electron chi connectivity index (χ3n) is 1.80. The third kappa shape index (κ3) is 9.42. The molecule has 6 nitrogen and oxygen atoms in total. The zero-order chi connectivity index (χ0) is 12.2. The second kappa shape index (κ2) is 10.4. The van der Waals surface area contributed by atoms with Crippen molar-refractivity contribution in [3.05, 3.63) is 0 Å². The van der Waals surface area contributed by atoms with Crippen LogP contribution in [0.2, 0.25) is 0 Å². The fraction of sp³-hybridized carbons (Fsp3) is 0.800. The van der Waals surface area contributed by atoms with E-state index in [1.54, 1.807) is 0 Å². The molecule has 0 spiro atoms. The lowest BCUT2D eigenvalue weighted by atomic mass is 10.2. The molecule has 0 aromatic rings. The van der Waals surface area contributed by atoms with E-state index in [9.17, 15) is 9.59 Å². The average molecular weight is 234 g/mol. The lowest BCUT2D eigenvalue weighted by Gasteiger charge is -2.04. The summed E-state index contributed by atoms with van der Waals surface area (Å²) in [5.41, 5.74) is 0. The molecule has 16 heavy (non-hydrogen) atoms. The highest BCUT2D eigenvalue weighted by Gasteiger charge is 2.06. The lowest BCUT2D eigenvalue weighted by molar-refractivity contribution is -0.160. The van der Waals surface area contributed by atoms with E-state index in [0.717, 1.165) is 25.7 Å². The summed E-state index contributed by atoms with van der Waals surface area (Å²) < 4.78 is 9.11. The van der Waals surface area contributed by atoms with Gasteiger partial charge in [-0.05, 0) is 19.3 Å². The quantitative estimate of drug-likeness (QED) is 0.417. The third-order valence-corrected chi connectivity index (χ3v) is 1.80. The molecule has 0 bridgehead atoms. The Labute approximate surface area is 94.2 Å². The highest BCUT2D eigenvalue weighted by atomic mass is 16.6. The van der Waals surface area contributed by atoms with E-state index < -0.39 is 25.2 Å². The SMILES string of the molecule is O=C(CO)OCC(=O)OCCCCCCO. The normalized spacial score (nSPS) is 9.88. The van der Waals surface area contributed by atoms with Crippen molar-refractivity contribution < 1.29 is 29.3 Å². The number of hydrogen-bond donors (Lipinski definition) is 2. The van der Waals surface area contributed by atoms with Crippen molar-refractivity contribution in [2.24, 2.45) is 0 Å². The minimum Gasteiger partial charge on any atom is -0.463 e. The van der Waals surface area contributed by atoms with Gasteiger partial charge in [-0.15, -0.1) is 0 Å². The highest BCUT2D eigenvalue weighted by Crippen LogP contribution is 1.99. The van der Waals surface area contributed by atoms with Gasteiger partial charge in [0.05, 0.1) is 6.61 Å². The maximum absolute atomic E-state index is 10.9. The van der Waals surface area contributed by atoms with E-state index in [1.807, 2.05) is 0 Å². The van der Waals surface area contributed by atoms with Crippen LogP contribution in [0.15, 0.2) is 0 Å². The Hall–Kier alpha value is -1.14. The topological polar surface area (TPSA) is 93.1 Å². The van der Waals surface area contributed by atoms with E-state index in [-0.39, 0.29) is 13.2 Å². The molecule has 0 fully saturated rings. The van der Waals surface area contributed by atoms with E-state index in [4.69, 9.17) is 14.9 Å². The number of rotatable bonds is 9. The van der Waals surface area contributed by atoms with Gasteiger partial charge in [0.25, 0.3) is 0 Å². The highest BCUT2D eigenvalue weighted by molar-refractivity contribution is 5.76. The number of hydrogen-bond acceptors (Lipinski definition) is 6. The van der Waals surface area contributed by atoms with Crippen molar-refractivity contribution in [2.75, 3.05) is 26.4 Å². The number of aliphatic hydroxyl groups is 2. The average Bonchev–Trinajstić information content (AvgIpc) is 2.30.